The van der Waals surface area contributed by atoms with Crippen LogP contribution in [-0.4, -0.2) is 66.2 Å². The van der Waals surface area contributed by atoms with Crippen molar-refractivity contribution in [3.63, 3.8) is 0 Å². The molecular formula is C18H23N5O. The van der Waals surface area contributed by atoms with Crippen LogP contribution in [-0.2, 0) is 6.54 Å². The Kier molecular flexibility index (Phi) is 5.05. The normalized spacial score (nSPS) is 15.3. The first-order valence-corrected chi connectivity index (χ1v) is 8.20. The second-order valence-electron chi connectivity index (χ2n) is 6.21. The second-order valence-corrected chi connectivity index (χ2v) is 6.21. The van der Waals surface area contributed by atoms with Gasteiger partial charge in [0.1, 0.15) is 0 Å². The highest BCUT2D eigenvalue weighted by molar-refractivity contribution is 5.92. The van der Waals surface area contributed by atoms with E-state index in [4.69, 9.17) is 0 Å². The number of hydrogen-bond donors (Lipinski definition) is 0. The summed E-state index contributed by atoms with van der Waals surface area (Å²) in [4.78, 5) is 18.6. The first kappa shape index (κ1) is 16.4. The van der Waals surface area contributed by atoms with Gasteiger partial charge in [-0.25, -0.2) is 0 Å². The van der Waals surface area contributed by atoms with Crippen LogP contribution in [0.5, 0.6) is 0 Å². The molecule has 1 aromatic carbocycles. The molecule has 6 heteroatoms. The molecule has 0 aliphatic carbocycles. The van der Waals surface area contributed by atoms with Gasteiger partial charge in [-0.2, -0.15) is 0 Å². The predicted octanol–water partition coefficient (Wildman–Crippen LogP) is 1.50. The fourth-order valence-corrected chi connectivity index (χ4v) is 2.75. The molecule has 0 bridgehead atoms. The minimum atomic E-state index is -0.0344. The Bertz CT molecular complexity index is 666. The van der Waals surface area contributed by atoms with E-state index < -0.39 is 0 Å². The molecule has 0 spiro atoms. The summed E-state index contributed by atoms with van der Waals surface area (Å²) in [5.41, 5.74) is 1.62. The van der Waals surface area contributed by atoms with Gasteiger partial charge in [0.25, 0.3) is 5.91 Å². The van der Waals surface area contributed by atoms with E-state index in [1.165, 1.54) is 5.56 Å². The van der Waals surface area contributed by atoms with E-state index in [0.29, 0.717) is 5.69 Å². The summed E-state index contributed by atoms with van der Waals surface area (Å²) in [5, 5.41) is 8.36. The van der Waals surface area contributed by atoms with Gasteiger partial charge >= 0.3 is 0 Å². The number of carbonyl (C=O) groups excluding carboxylic acids is 1. The number of aromatic nitrogens is 2. The molecule has 0 radical (unpaired) electrons. The van der Waals surface area contributed by atoms with E-state index in [0.717, 1.165) is 38.5 Å². The van der Waals surface area contributed by atoms with Crippen molar-refractivity contribution in [2.75, 3.05) is 45.2 Å². The lowest BCUT2D eigenvalue weighted by molar-refractivity contribution is 0.0657. The number of rotatable bonds is 4. The van der Waals surface area contributed by atoms with Crippen molar-refractivity contribution in [2.45, 2.75) is 6.54 Å². The van der Waals surface area contributed by atoms with Gasteiger partial charge in [0.2, 0.25) is 0 Å². The van der Waals surface area contributed by atoms with Gasteiger partial charge in [0.15, 0.2) is 11.5 Å². The van der Waals surface area contributed by atoms with Crippen LogP contribution in [0.15, 0.2) is 42.5 Å². The number of hydrogen-bond acceptors (Lipinski definition) is 5. The maximum absolute atomic E-state index is 12.5. The van der Waals surface area contributed by atoms with Gasteiger partial charge in [-0.15, -0.1) is 10.2 Å². The molecule has 1 aliphatic rings. The average molecular weight is 325 g/mol. The number of piperazine rings is 1. The Morgan fingerprint density at radius 2 is 1.75 bits per heavy atom. The van der Waals surface area contributed by atoms with Crippen LogP contribution in [0.2, 0.25) is 0 Å². The Balaban J connectivity index is 1.63. The van der Waals surface area contributed by atoms with E-state index >= 15 is 0 Å². The van der Waals surface area contributed by atoms with Gasteiger partial charge in [-0.05, 0) is 24.7 Å². The van der Waals surface area contributed by atoms with Crippen LogP contribution in [0, 0.1) is 0 Å². The lowest BCUT2D eigenvalue weighted by Gasteiger charge is -2.32. The fourth-order valence-electron chi connectivity index (χ4n) is 2.75. The fraction of sp³-hybridized carbons (Fsp3) is 0.389. The Morgan fingerprint density at radius 1 is 1.04 bits per heavy atom. The topological polar surface area (TPSA) is 52.6 Å². The largest absolute Gasteiger partial charge is 0.354 e. The number of benzene rings is 1. The molecule has 1 saturated heterocycles. The van der Waals surface area contributed by atoms with Crippen molar-refractivity contribution >= 4 is 11.7 Å². The van der Waals surface area contributed by atoms with Crippen molar-refractivity contribution in [2.24, 2.45) is 0 Å². The van der Waals surface area contributed by atoms with E-state index in [9.17, 15) is 4.79 Å². The van der Waals surface area contributed by atoms with Gasteiger partial charge < -0.3 is 14.7 Å². The van der Waals surface area contributed by atoms with Gasteiger partial charge in [0, 0.05) is 39.8 Å². The second kappa shape index (κ2) is 7.40. The van der Waals surface area contributed by atoms with Gasteiger partial charge in [-0.1, -0.05) is 30.3 Å². The first-order valence-electron chi connectivity index (χ1n) is 8.20. The third-order valence-corrected chi connectivity index (χ3v) is 4.31. The highest BCUT2D eigenvalue weighted by Gasteiger charge is 2.21. The summed E-state index contributed by atoms with van der Waals surface area (Å²) >= 11 is 0. The standard InChI is InChI=1S/C18H23N5O/c1-21-10-12-23(13-11-21)18(24)16-8-9-17(20-19-16)22(2)14-15-6-4-3-5-7-15/h3-9H,10-14H2,1-2H3. The zero-order chi connectivity index (χ0) is 16.9. The summed E-state index contributed by atoms with van der Waals surface area (Å²) < 4.78 is 0. The summed E-state index contributed by atoms with van der Waals surface area (Å²) in [6.07, 6.45) is 0. The molecular weight excluding hydrogens is 302 g/mol. The van der Waals surface area contributed by atoms with Crippen molar-refractivity contribution in [1.82, 2.24) is 20.0 Å². The third kappa shape index (κ3) is 3.89. The average Bonchev–Trinajstić information content (AvgIpc) is 2.63. The van der Waals surface area contributed by atoms with Crippen LogP contribution < -0.4 is 4.90 Å². The highest BCUT2D eigenvalue weighted by atomic mass is 16.2. The number of nitrogens with zero attached hydrogens (tertiary/aromatic N) is 5. The van der Waals surface area contributed by atoms with E-state index in [1.54, 1.807) is 6.07 Å². The molecule has 2 aromatic rings. The van der Waals surface area contributed by atoms with Crippen molar-refractivity contribution in [3.8, 4) is 0 Å². The summed E-state index contributed by atoms with van der Waals surface area (Å²) in [6.45, 7) is 4.04. The summed E-state index contributed by atoms with van der Waals surface area (Å²) in [6, 6.07) is 13.8. The number of amides is 1. The van der Waals surface area contributed by atoms with Crippen LogP contribution in [0.25, 0.3) is 0 Å². The number of anilines is 1. The van der Waals surface area contributed by atoms with Crippen LogP contribution in [0.3, 0.4) is 0 Å². The molecule has 2 heterocycles. The molecule has 3 rings (SSSR count). The zero-order valence-electron chi connectivity index (χ0n) is 14.2. The highest BCUT2D eigenvalue weighted by Crippen LogP contribution is 2.13. The van der Waals surface area contributed by atoms with Crippen molar-refractivity contribution < 1.29 is 4.79 Å². The molecule has 126 valence electrons. The SMILES string of the molecule is CN1CCN(C(=O)c2ccc(N(C)Cc3ccccc3)nn2)CC1. The van der Waals surface area contributed by atoms with Crippen LogP contribution >= 0.6 is 0 Å². The minimum Gasteiger partial charge on any atom is -0.354 e. The minimum absolute atomic E-state index is 0.0344. The molecule has 0 saturated carbocycles. The Hall–Kier alpha value is -2.47. The van der Waals surface area contributed by atoms with E-state index in [-0.39, 0.29) is 5.91 Å². The molecule has 1 amide bonds. The van der Waals surface area contributed by atoms with E-state index in [2.05, 4.69) is 34.3 Å². The van der Waals surface area contributed by atoms with Crippen LogP contribution in [0.4, 0.5) is 5.82 Å². The van der Waals surface area contributed by atoms with Crippen molar-refractivity contribution in [3.05, 3.63) is 53.7 Å². The molecule has 6 nitrogen and oxygen atoms in total. The summed E-state index contributed by atoms with van der Waals surface area (Å²) in [5.74, 6) is 0.724. The molecule has 1 aliphatic heterocycles. The zero-order valence-corrected chi connectivity index (χ0v) is 14.2. The maximum atomic E-state index is 12.5. The number of carbonyl (C=O) groups is 1. The predicted molar refractivity (Wildman–Crippen MR) is 94.0 cm³/mol. The quantitative estimate of drug-likeness (QED) is 0.853. The molecule has 0 N–H and O–H groups in total. The lowest BCUT2D eigenvalue weighted by Crippen LogP contribution is -2.47. The molecule has 24 heavy (non-hydrogen) atoms. The van der Waals surface area contributed by atoms with Gasteiger partial charge in [0.05, 0.1) is 0 Å². The number of likely N-dealkylation sites (N-methyl/N-ethyl adjacent to an activating group) is 1. The molecule has 0 atom stereocenters. The molecule has 1 aromatic heterocycles. The first-order chi connectivity index (χ1) is 11.6. The monoisotopic (exact) mass is 325 g/mol. The van der Waals surface area contributed by atoms with Crippen molar-refractivity contribution in [1.29, 1.82) is 0 Å². The smallest absolute Gasteiger partial charge is 0.274 e. The Labute approximate surface area is 142 Å². The van der Waals surface area contributed by atoms with Gasteiger partial charge in [-0.3, -0.25) is 4.79 Å². The lowest BCUT2D eigenvalue weighted by atomic mass is 10.2. The third-order valence-electron chi connectivity index (χ3n) is 4.31. The Morgan fingerprint density at radius 3 is 2.38 bits per heavy atom. The van der Waals surface area contributed by atoms with E-state index in [1.807, 2.05) is 41.1 Å². The molecule has 0 unspecified atom stereocenters. The maximum Gasteiger partial charge on any atom is 0.274 e. The molecule has 1 fully saturated rings. The summed E-state index contributed by atoms with van der Waals surface area (Å²) in [7, 11) is 4.04. The van der Waals surface area contributed by atoms with Crippen LogP contribution in [0.1, 0.15) is 16.1 Å².